The summed E-state index contributed by atoms with van der Waals surface area (Å²) < 4.78 is 1.52. The average molecular weight is 329 g/mol. The van der Waals surface area contributed by atoms with Gasteiger partial charge in [-0.2, -0.15) is 5.10 Å². The van der Waals surface area contributed by atoms with Gasteiger partial charge in [-0.15, -0.1) is 0 Å². The van der Waals surface area contributed by atoms with Gasteiger partial charge in [-0.05, 0) is 25.0 Å². The van der Waals surface area contributed by atoms with Gasteiger partial charge in [0.15, 0.2) is 5.65 Å². The number of amides is 2. The molecule has 0 saturated carbocycles. The van der Waals surface area contributed by atoms with Gasteiger partial charge in [-0.1, -0.05) is 26.8 Å². The Morgan fingerprint density at radius 1 is 1.29 bits per heavy atom. The molecular formula is C17H23N5O2. The normalized spacial score (nSPS) is 18.6. The first-order chi connectivity index (χ1) is 11.4. The van der Waals surface area contributed by atoms with Gasteiger partial charge in [-0.3, -0.25) is 9.59 Å². The van der Waals surface area contributed by atoms with E-state index < -0.39 is 5.41 Å². The van der Waals surface area contributed by atoms with E-state index in [1.807, 2.05) is 25.7 Å². The Balaban J connectivity index is 1.70. The number of fused-ring (bicyclic) bond motifs is 1. The lowest BCUT2D eigenvalue weighted by atomic mass is 9.93. The molecule has 0 spiro atoms. The summed E-state index contributed by atoms with van der Waals surface area (Å²) in [5, 5.41) is 7.12. The van der Waals surface area contributed by atoms with Crippen LogP contribution < -0.4 is 5.32 Å². The lowest BCUT2D eigenvalue weighted by Gasteiger charge is -2.36. The Labute approximate surface area is 141 Å². The molecule has 0 radical (unpaired) electrons. The standard InChI is InChI=1S/C17H23N5O2/c1-17(2,3)16(24)21-9-5-6-12(10-21)20-15(23)13-7-4-8-14-18-11-19-22(13)14/h4,7-8,11-12H,5-6,9-10H2,1-3H3,(H,20,23)/t12-/m1/s1. The smallest absolute Gasteiger partial charge is 0.270 e. The van der Waals surface area contributed by atoms with Crippen LogP contribution in [0.25, 0.3) is 5.65 Å². The van der Waals surface area contributed by atoms with Crippen LogP contribution in [0.4, 0.5) is 0 Å². The molecule has 2 aromatic heterocycles. The minimum atomic E-state index is -0.405. The van der Waals surface area contributed by atoms with Crippen molar-refractivity contribution in [1.29, 1.82) is 0 Å². The third kappa shape index (κ3) is 3.25. The van der Waals surface area contributed by atoms with Crippen LogP contribution in [0, 0.1) is 5.41 Å². The molecule has 0 aliphatic carbocycles. The molecule has 1 N–H and O–H groups in total. The van der Waals surface area contributed by atoms with Crippen molar-refractivity contribution >= 4 is 17.5 Å². The fraction of sp³-hybridized carbons (Fsp3) is 0.529. The van der Waals surface area contributed by atoms with E-state index in [1.165, 1.54) is 10.8 Å². The second-order valence-electron chi connectivity index (χ2n) is 7.25. The molecule has 1 aliphatic heterocycles. The number of likely N-dealkylation sites (tertiary alicyclic amines) is 1. The predicted octanol–water partition coefficient (Wildman–Crippen LogP) is 1.50. The summed E-state index contributed by atoms with van der Waals surface area (Å²) in [4.78, 5) is 31.0. The number of carbonyl (C=O) groups excluding carboxylic acids is 2. The maximum atomic E-state index is 12.6. The molecule has 3 heterocycles. The number of hydrogen-bond acceptors (Lipinski definition) is 4. The minimum absolute atomic E-state index is 0.0451. The molecule has 7 nitrogen and oxygen atoms in total. The van der Waals surface area contributed by atoms with Gasteiger partial charge >= 0.3 is 0 Å². The Morgan fingerprint density at radius 2 is 2.08 bits per heavy atom. The highest BCUT2D eigenvalue weighted by Gasteiger charge is 2.31. The van der Waals surface area contributed by atoms with Gasteiger partial charge < -0.3 is 10.2 Å². The molecule has 2 aromatic rings. The van der Waals surface area contributed by atoms with Crippen LogP contribution in [-0.2, 0) is 4.79 Å². The number of hydrogen-bond donors (Lipinski definition) is 1. The Kier molecular flexibility index (Phi) is 4.26. The Hall–Kier alpha value is -2.44. The summed E-state index contributed by atoms with van der Waals surface area (Å²) in [5.41, 5.74) is 0.679. The van der Waals surface area contributed by atoms with E-state index >= 15 is 0 Å². The fourth-order valence-electron chi connectivity index (χ4n) is 3.03. The first kappa shape index (κ1) is 16.4. The molecule has 1 aliphatic rings. The third-order valence-corrected chi connectivity index (χ3v) is 4.22. The molecule has 1 atom stereocenters. The van der Waals surface area contributed by atoms with Gasteiger partial charge in [0.1, 0.15) is 12.0 Å². The summed E-state index contributed by atoms with van der Waals surface area (Å²) in [6, 6.07) is 5.26. The Bertz CT molecular complexity index is 762. The topological polar surface area (TPSA) is 79.6 Å². The summed E-state index contributed by atoms with van der Waals surface area (Å²) in [6.45, 7) is 7.06. The van der Waals surface area contributed by atoms with Gasteiger partial charge in [0, 0.05) is 24.5 Å². The SMILES string of the molecule is CC(C)(C)C(=O)N1CCC[C@@H](NC(=O)c2cccc3ncnn23)C1. The molecule has 1 fully saturated rings. The molecule has 128 valence electrons. The van der Waals surface area contributed by atoms with E-state index in [2.05, 4.69) is 15.4 Å². The second kappa shape index (κ2) is 6.22. The molecule has 2 amide bonds. The molecule has 0 bridgehead atoms. The van der Waals surface area contributed by atoms with Crippen molar-refractivity contribution < 1.29 is 9.59 Å². The van der Waals surface area contributed by atoms with Crippen LogP contribution in [0.5, 0.6) is 0 Å². The number of carbonyl (C=O) groups is 2. The van der Waals surface area contributed by atoms with Gasteiger partial charge in [0.05, 0.1) is 0 Å². The summed E-state index contributed by atoms with van der Waals surface area (Å²) >= 11 is 0. The van der Waals surface area contributed by atoms with Crippen molar-refractivity contribution in [3.63, 3.8) is 0 Å². The monoisotopic (exact) mass is 329 g/mol. The third-order valence-electron chi connectivity index (χ3n) is 4.22. The van der Waals surface area contributed by atoms with Gasteiger partial charge in [-0.25, -0.2) is 9.50 Å². The van der Waals surface area contributed by atoms with Crippen molar-refractivity contribution in [1.82, 2.24) is 24.8 Å². The predicted molar refractivity (Wildman–Crippen MR) is 89.5 cm³/mol. The van der Waals surface area contributed by atoms with Crippen molar-refractivity contribution in [2.45, 2.75) is 39.7 Å². The van der Waals surface area contributed by atoms with Crippen LogP contribution in [0.15, 0.2) is 24.5 Å². The van der Waals surface area contributed by atoms with Gasteiger partial charge in [0.2, 0.25) is 5.91 Å². The highest BCUT2D eigenvalue weighted by atomic mass is 16.2. The molecular weight excluding hydrogens is 306 g/mol. The van der Waals surface area contributed by atoms with E-state index in [1.54, 1.807) is 18.2 Å². The van der Waals surface area contributed by atoms with E-state index in [-0.39, 0.29) is 17.9 Å². The van der Waals surface area contributed by atoms with Crippen molar-refractivity contribution in [3.05, 3.63) is 30.2 Å². The molecule has 24 heavy (non-hydrogen) atoms. The van der Waals surface area contributed by atoms with Crippen LogP contribution in [0.1, 0.15) is 44.1 Å². The van der Waals surface area contributed by atoms with Gasteiger partial charge in [0.25, 0.3) is 5.91 Å². The number of nitrogens with one attached hydrogen (secondary N) is 1. The van der Waals surface area contributed by atoms with E-state index in [0.717, 1.165) is 19.4 Å². The quantitative estimate of drug-likeness (QED) is 0.905. The van der Waals surface area contributed by atoms with Crippen LogP contribution in [-0.4, -0.2) is 50.4 Å². The Morgan fingerprint density at radius 3 is 2.83 bits per heavy atom. The minimum Gasteiger partial charge on any atom is -0.346 e. The van der Waals surface area contributed by atoms with E-state index in [9.17, 15) is 9.59 Å². The number of piperidine rings is 1. The molecule has 0 unspecified atom stereocenters. The van der Waals surface area contributed by atoms with Crippen molar-refractivity contribution in [3.8, 4) is 0 Å². The first-order valence-electron chi connectivity index (χ1n) is 8.25. The molecule has 3 rings (SSSR count). The maximum Gasteiger partial charge on any atom is 0.270 e. The molecule has 7 heteroatoms. The zero-order valence-corrected chi connectivity index (χ0v) is 14.3. The molecule has 1 saturated heterocycles. The maximum absolute atomic E-state index is 12.6. The first-order valence-corrected chi connectivity index (χ1v) is 8.25. The summed E-state index contributed by atoms with van der Waals surface area (Å²) in [7, 11) is 0. The zero-order valence-electron chi connectivity index (χ0n) is 14.3. The second-order valence-corrected chi connectivity index (χ2v) is 7.25. The van der Waals surface area contributed by atoms with E-state index in [0.29, 0.717) is 17.9 Å². The lowest BCUT2D eigenvalue weighted by molar-refractivity contribution is -0.140. The average Bonchev–Trinajstić information content (AvgIpc) is 3.02. The summed E-state index contributed by atoms with van der Waals surface area (Å²) in [5.74, 6) is -0.0685. The summed E-state index contributed by atoms with van der Waals surface area (Å²) in [6.07, 6.45) is 3.18. The zero-order chi connectivity index (χ0) is 17.3. The van der Waals surface area contributed by atoms with Crippen LogP contribution in [0.3, 0.4) is 0 Å². The van der Waals surface area contributed by atoms with Crippen LogP contribution >= 0.6 is 0 Å². The lowest BCUT2D eigenvalue weighted by Crippen LogP contribution is -2.52. The highest BCUT2D eigenvalue weighted by Crippen LogP contribution is 2.21. The van der Waals surface area contributed by atoms with Crippen molar-refractivity contribution in [2.24, 2.45) is 5.41 Å². The van der Waals surface area contributed by atoms with E-state index in [4.69, 9.17) is 0 Å². The van der Waals surface area contributed by atoms with Crippen LogP contribution in [0.2, 0.25) is 0 Å². The largest absolute Gasteiger partial charge is 0.346 e. The fourth-order valence-corrected chi connectivity index (χ4v) is 3.03. The highest BCUT2D eigenvalue weighted by molar-refractivity contribution is 5.93. The number of rotatable bonds is 2. The van der Waals surface area contributed by atoms with Crippen molar-refractivity contribution in [2.75, 3.05) is 13.1 Å². The number of pyridine rings is 1. The number of aromatic nitrogens is 3. The number of nitrogens with zero attached hydrogens (tertiary/aromatic N) is 4. The molecule has 0 aromatic carbocycles.